The van der Waals surface area contributed by atoms with Crippen LogP contribution in [0, 0.1) is 0 Å². The van der Waals surface area contributed by atoms with Crippen LogP contribution in [0.4, 0.5) is 0 Å². The van der Waals surface area contributed by atoms with Gasteiger partial charge in [-0.3, -0.25) is 19.0 Å². The first-order valence-corrected chi connectivity index (χ1v) is 7.05. The van der Waals surface area contributed by atoms with Crippen molar-refractivity contribution in [3.8, 4) is 0 Å². The van der Waals surface area contributed by atoms with Gasteiger partial charge in [-0.1, -0.05) is 0 Å². The maximum absolute atomic E-state index is 12.4. The van der Waals surface area contributed by atoms with E-state index in [1.54, 1.807) is 13.8 Å². The van der Waals surface area contributed by atoms with Crippen molar-refractivity contribution >= 4 is 11.9 Å². The zero-order chi connectivity index (χ0) is 16.9. The monoisotopic (exact) mass is 311 g/mol. The number of nitrogens with zero attached hydrogens (tertiary/aromatic N) is 3. The van der Waals surface area contributed by atoms with Crippen molar-refractivity contribution in [3.05, 3.63) is 32.6 Å². The number of carbonyl (C=O) groups excluding carboxylic acids is 2. The summed E-state index contributed by atoms with van der Waals surface area (Å²) >= 11 is 0. The van der Waals surface area contributed by atoms with Crippen LogP contribution >= 0.6 is 0 Å². The number of amides is 1. The Hall–Kier alpha value is -2.38. The number of aryl methyl sites for hydroxylation is 1. The van der Waals surface area contributed by atoms with Crippen LogP contribution in [0.15, 0.2) is 15.8 Å². The number of hydrogen-bond acceptors (Lipinski definition) is 5. The van der Waals surface area contributed by atoms with E-state index < -0.39 is 23.1 Å². The second-order valence-electron chi connectivity index (χ2n) is 4.74. The molecule has 0 spiro atoms. The van der Waals surface area contributed by atoms with Crippen LogP contribution in [0.25, 0.3) is 0 Å². The van der Waals surface area contributed by atoms with E-state index in [0.717, 1.165) is 4.57 Å². The van der Waals surface area contributed by atoms with E-state index in [4.69, 9.17) is 4.74 Å². The Labute approximate surface area is 127 Å². The molecule has 0 aliphatic rings. The molecule has 1 heterocycles. The Bertz CT molecular complexity index is 674. The molecular formula is C14H21N3O5. The van der Waals surface area contributed by atoms with Gasteiger partial charge in [0.05, 0.1) is 13.0 Å². The highest BCUT2D eigenvalue weighted by Crippen LogP contribution is 2.01. The van der Waals surface area contributed by atoms with Gasteiger partial charge in [-0.05, 0) is 13.8 Å². The van der Waals surface area contributed by atoms with Crippen LogP contribution in [-0.2, 0) is 23.6 Å². The van der Waals surface area contributed by atoms with Gasteiger partial charge in [0.25, 0.3) is 11.5 Å². The van der Waals surface area contributed by atoms with Gasteiger partial charge in [0.1, 0.15) is 5.56 Å². The zero-order valence-electron chi connectivity index (χ0n) is 13.3. The molecule has 0 saturated carbocycles. The summed E-state index contributed by atoms with van der Waals surface area (Å²) in [5.41, 5.74) is -1.26. The first kappa shape index (κ1) is 17.7. The highest BCUT2D eigenvalue weighted by molar-refractivity contribution is 5.93. The number of esters is 1. The SMILES string of the molecule is CCOC(=O)CCN(CC)C(=O)c1cn(C)c(=O)n(C)c1=O. The summed E-state index contributed by atoms with van der Waals surface area (Å²) in [5.74, 6) is -0.912. The highest BCUT2D eigenvalue weighted by atomic mass is 16.5. The average Bonchev–Trinajstić information content (AvgIpc) is 2.49. The first-order valence-electron chi connectivity index (χ1n) is 7.05. The average molecular weight is 311 g/mol. The Morgan fingerprint density at radius 2 is 1.86 bits per heavy atom. The summed E-state index contributed by atoms with van der Waals surface area (Å²) in [7, 11) is 2.78. The number of hydrogen-bond donors (Lipinski definition) is 0. The number of ether oxygens (including phenoxy) is 1. The van der Waals surface area contributed by atoms with Gasteiger partial charge in [0, 0.05) is 33.4 Å². The number of rotatable bonds is 6. The van der Waals surface area contributed by atoms with E-state index >= 15 is 0 Å². The van der Waals surface area contributed by atoms with E-state index in [-0.39, 0.29) is 25.1 Å². The largest absolute Gasteiger partial charge is 0.466 e. The van der Waals surface area contributed by atoms with Crippen LogP contribution in [0.3, 0.4) is 0 Å². The predicted molar refractivity (Wildman–Crippen MR) is 79.8 cm³/mol. The summed E-state index contributed by atoms with van der Waals surface area (Å²) in [6.07, 6.45) is 1.28. The third-order valence-electron chi connectivity index (χ3n) is 3.24. The molecule has 0 N–H and O–H groups in total. The Balaban J connectivity index is 3.01. The van der Waals surface area contributed by atoms with E-state index in [1.165, 1.54) is 29.8 Å². The maximum Gasteiger partial charge on any atom is 0.330 e. The standard InChI is InChI=1S/C14H21N3O5/c1-5-17(8-7-11(18)22-6-2)13(20)10-9-15(3)14(21)16(4)12(10)19/h9H,5-8H2,1-4H3. The lowest BCUT2D eigenvalue weighted by Crippen LogP contribution is -2.43. The molecule has 0 aromatic carbocycles. The van der Waals surface area contributed by atoms with Crippen molar-refractivity contribution in [1.29, 1.82) is 0 Å². The fourth-order valence-corrected chi connectivity index (χ4v) is 1.99. The van der Waals surface area contributed by atoms with Gasteiger partial charge < -0.3 is 14.2 Å². The molecule has 0 fully saturated rings. The minimum absolute atomic E-state index is 0.0551. The molecule has 0 radical (unpaired) electrons. The van der Waals surface area contributed by atoms with Crippen molar-refractivity contribution < 1.29 is 14.3 Å². The lowest BCUT2D eigenvalue weighted by molar-refractivity contribution is -0.143. The molecule has 1 aromatic heterocycles. The molecule has 8 heteroatoms. The second-order valence-corrected chi connectivity index (χ2v) is 4.74. The lowest BCUT2D eigenvalue weighted by atomic mass is 10.2. The molecule has 122 valence electrons. The summed E-state index contributed by atoms with van der Waals surface area (Å²) in [5, 5.41) is 0. The molecule has 1 aromatic rings. The van der Waals surface area contributed by atoms with Crippen molar-refractivity contribution in [1.82, 2.24) is 14.0 Å². The normalized spacial score (nSPS) is 10.4. The molecule has 0 atom stereocenters. The van der Waals surface area contributed by atoms with Crippen molar-refractivity contribution in [2.24, 2.45) is 14.1 Å². The molecule has 0 unspecified atom stereocenters. The van der Waals surface area contributed by atoms with Gasteiger partial charge >= 0.3 is 11.7 Å². The van der Waals surface area contributed by atoms with Crippen molar-refractivity contribution in [2.45, 2.75) is 20.3 Å². The topological polar surface area (TPSA) is 90.6 Å². The van der Waals surface area contributed by atoms with Gasteiger partial charge in [0.15, 0.2) is 0 Å². The van der Waals surface area contributed by atoms with Crippen LogP contribution < -0.4 is 11.2 Å². The van der Waals surface area contributed by atoms with E-state index in [2.05, 4.69) is 0 Å². The van der Waals surface area contributed by atoms with E-state index in [0.29, 0.717) is 6.54 Å². The van der Waals surface area contributed by atoms with Gasteiger partial charge in [-0.15, -0.1) is 0 Å². The quantitative estimate of drug-likeness (QED) is 0.661. The van der Waals surface area contributed by atoms with Gasteiger partial charge in [-0.2, -0.15) is 0 Å². The molecule has 1 rings (SSSR count). The van der Waals surface area contributed by atoms with Crippen LogP contribution in [0.5, 0.6) is 0 Å². The van der Waals surface area contributed by atoms with Gasteiger partial charge in [-0.25, -0.2) is 4.79 Å². The third kappa shape index (κ3) is 3.84. The molecule has 0 saturated heterocycles. The molecule has 8 nitrogen and oxygen atoms in total. The Morgan fingerprint density at radius 1 is 1.23 bits per heavy atom. The minimum Gasteiger partial charge on any atom is -0.466 e. The first-order chi connectivity index (χ1) is 10.3. The second kappa shape index (κ2) is 7.58. The van der Waals surface area contributed by atoms with Crippen LogP contribution in [0.2, 0.25) is 0 Å². The van der Waals surface area contributed by atoms with Gasteiger partial charge in [0.2, 0.25) is 0 Å². The molecular weight excluding hydrogens is 290 g/mol. The van der Waals surface area contributed by atoms with Crippen molar-refractivity contribution in [2.75, 3.05) is 19.7 Å². The molecule has 0 aliphatic carbocycles. The number of aromatic nitrogens is 2. The summed E-state index contributed by atoms with van der Waals surface area (Å²) in [6.45, 7) is 4.22. The van der Waals surface area contributed by atoms with Crippen LogP contribution in [-0.4, -0.2) is 45.6 Å². The fraction of sp³-hybridized carbons (Fsp3) is 0.571. The Kier molecular flexibility index (Phi) is 6.09. The highest BCUT2D eigenvalue weighted by Gasteiger charge is 2.20. The molecule has 0 aliphatic heterocycles. The molecule has 1 amide bonds. The molecule has 0 bridgehead atoms. The van der Waals surface area contributed by atoms with E-state index in [1.807, 2.05) is 0 Å². The lowest BCUT2D eigenvalue weighted by Gasteiger charge is -2.20. The van der Waals surface area contributed by atoms with E-state index in [9.17, 15) is 19.2 Å². The number of carbonyl (C=O) groups is 2. The third-order valence-corrected chi connectivity index (χ3v) is 3.24. The molecule has 22 heavy (non-hydrogen) atoms. The predicted octanol–water partition coefficient (Wildman–Crippen LogP) is -0.501. The summed E-state index contributed by atoms with van der Waals surface area (Å²) < 4.78 is 6.87. The fourth-order valence-electron chi connectivity index (χ4n) is 1.99. The smallest absolute Gasteiger partial charge is 0.330 e. The van der Waals surface area contributed by atoms with Crippen LogP contribution in [0.1, 0.15) is 30.6 Å². The summed E-state index contributed by atoms with van der Waals surface area (Å²) in [6, 6.07) is 0. The summed E-state index contributed by atoms with van der Waals surface area (Å²) in [4.78, 5) is 48.9. The minimum atomic E-state index is -0.650. The Morgan fingerprint density at radius 3 is 2.41 bits per heavy atom. The maximum atomic E-state index is 12.4. The zero-order valence-corrected chi connectivity index (χ0v) is 13.3. The van der Waals surface area contributed by atoms with Crippen molar-refractivity contribution in [3.63, 3.8) is 0 Å².